The van der Waals surface area contributed by atoms with Gasteiger partial charge >= 0.3 is 0 Å². The number of sulfonamides is 1. The van der Waals surface area contributed by atoms with Gasteiger partial charge in [0.15, 0.2) is 0 Å². The fraction of sp³-hybridized carbons (Fsp3) is 0.182. The smallest absolute Gasteiger partial charge is 0.274 e. The number of rotatable bonds is 3. The summed E-state index contributed by atoms with van der Waals surface area (Å²) in [6.07, 6.45) is 1.59. The Morgan fingerprint density at radius 1 is 0.968 bits per heavy atom. The number of anilines is 2. The number of imide groups is 1. The molecule has 0 radical (unpaired) electrons. The third-order valence-electron chi connectivity index (χ3n) is 5.55. The summed E-state index contributed by atoms with van der Waals surface area (Å²) in [5.74, 6) is -0.920. The van der Waals surface area contributed by atoms with Crippen molar-refractivity contribution in [1.82, 2.24) is 0 Å². The Balaban J connectivity index is 1.59. The van der Waals surface area contributed by atoms with Crippen LogP contribution in [0, 0.1) is 0 Å². The maximum atomic E-state index is 13.5. The molecule has 1 aromatic heterocycles. The van der Waals surface area contributed by atoms with E-state index in [1.54, 1.807) is 17.5 Å². The van der Waals surface area contributed by atoms with E-state index in [0.717, 1.165) is 16.9 Å². The van der Waals surface area contributed by atoms with Gasteiger partial charge in [-0.3, -0.25) is 13.9 Å². The first-order valence-electron chi connectivity index (χ1n) is 9.72. The van der Waals surface area contributed by atoms with Crippen LogP contribution < -0.4 is 9.21 Å². The van der Waals surface area contributed by atoms with Crippen LogP contribution in [0.5, 0.6) is 0 Å². The lowest BCUT2D eigenvalue weighted by atomic mass is 10.0. The summed E-state index contributed by atoms with van der Waals surface area (Å²) in [6, 6.07) is 13.3. The van der Waals surface area contributed by atoms with Gasteiger partial charge in [-0.25, -0.2) is 13.3 Å². The van der Waals surface area contributed by atoms with E-state index in [4.69, 9.17) is 11.6 Å². The van der Waals surface area contributed by atoms with E-state index < -0.39 is 21.8 Å². The SMILES string of the molecule is O=C1Cc2ccsc2C(=O)N1c1cc(S(=O)(=O)N2CCCc3ccccc32)ccc1Cl. The van der Waals surface area contributed by atoms with E-state index in [9.17, 15) is 18.0 Å². The van der Waals surface area contributed by atoms with Crippen LogP contribution in [0.3, 0.4) is 0 Å². The summed E-state index contributed by atoms with van der Waals surface area (Å²) < 4.78 is 28.4. The number of benzene rings is 2. The summed E-state index contributed by atoms with van der Waals surface area (Å²) in [7, 11) is -3.91. The maximum Gasteiger partial charge on any atom is 0.275 e. The Bertz CT molecular complexity index is 1330. The van der Waals surface area contributed by atoms with Crippen molar-refractivity contribution >= 4 is 56.2 Å². The molecule has 31 heavy (non-hydrogen) atoms. The summed E-state index contributed by atoms with van der Waals surface area (Å²) in [5.41, 5.74) is 2.39. The van der Waals surface area contributed by atoms with Crippen molar-refractivity contribution in [2.24, 2.45) is 0 Å². The van der Waals surface area contributed by atoms with Crippen molar-refractivity contribution in [2.45, 2.75) is 24.2 Å². The van der Waals surface area contributed by atoms with E-state index in [-0.39, 0.29) is 22.0 Å². The minimum Gasteiger partial charge on any atom is -0.274 e. The molecular weight excluding hydrogens is 456 g/mol. The molecule has 3 heterocycles. The highest BCUT2D eigenvalue weighted by Gasteiger charge is 2.36. The first-order valence-corrected chi connectivity index (χ1v) is 12.4. The van der Waals surface area contributed by atoms with Gasteiger partial charge in [-0.2, -0.15) is 0 Å². The third-order valence-corrected chi connectivity index (χ3v) is 8.62. The summed E-state index contributed by atoms with van der Waals surface area (Å²) >= 11 is 7.58. The lowest BCUT2D eigenvalue weighted by molar-refractivity contribution is -0.117. The molecule has 0 unspecified atom stereocenters. The van der Waals surface area contributed by atoms with Crippen LogP contribution in [0.1, 0.15) is 27.2 Å². The molecule has 0 bridgehead atoms. The number of thiophene rings is 1. The van der Waals surface area contributed by atoms with Crippen LogP contribution in [0.25, 0.3) is 0 Å². The van der Waals surface area contributed by atoms with Gasteiger partial charge in [0, 0.05) is 6.54 Å². The predicted octanol–water partition coefficient (Wildman–Crippen LogP) is 4.27. The molecule has 9 heteroatoms. The second-order valence-electron chi connectivity index (χ2n) is 7.41. The Kier molecular flexibility index (Phi) is 4.88. The molecule has 5 rings (SSSR count). The molecule has 0 saturated carbocycles. The van der Waals surface area contributed by atoms with Gasteiger partial charge in [-0.1, -0.05) is 29.8 Å². The molecule has 2 aliphatic rings. The van der Waals surface area contributed by atoms with Gasteiger partial charge in [-0.15, -0.1) is 11.3 Å². The average molecular weight is 473 g/mol. The van der Waals surface area contributed by atoms with Crippen molar-refractivity contribution in [3.05, 3.63) is 74.9 Å². The van der Waals surface area contributed by atoms with Crippen molar-refractivity contribution in [2.75, 3.05) is 15.7 Å². The molecule has 0 aliphatic carbocycles. The standard InChI is InChI=1S/C22H17ClN2O4S2/c23-17-8-7-16(31(28,29)24-10-3-5-14-4-1-2-6-18(14)24)13-19(17)25-20(26)12-15-9-11-30-21(15)22(25)27/h1-2,4,6-9,11,13H,3,5,10,12H2. The van der Waals surface area contributed by atoms with Crippen LogP contribution in [0.2, 0.25) is 5.02 Å². The number of halogens is 1. The number of hydrogen-bond acceptors (Lipinski definition) is 5. The minimum atomic E-state index is -3.91. The van der Waals surface area contributed by atoms with Crippen molar-refractivity contribution in [3.63, 3.8) is 0 Å². The highest BCUT2D eigenvalue weighted by Crippen LogP contribution is 2.37. The monoisotopic (exact) mass is 472 g/mol. The number of nitrogens with zero attached hydrogens (tertiary/aromatic N) is 2. The molecule has 0 fully saturated rings. The summed E-state index contributed by atoms with van der Waals surface area (Å²) in [5, 5.41) is 1.90. The van der Waals surface area contributed by atoms with E-state index in [2.05, 4.69) is 0 Å². The zero-order valence-corrected chi connectivity index (χ0v) is 18.6. The van der Waals surface area contributed by atoms with Gasteiger partial charge in [0.25, 0.3) is 15.9 Å². The fourth-order valence-corrected chi connectivity index (χ4v) is 6.68. The first kappa shape index (κ1) is 20.2. The zero-order chi connectivity index (χ0) is 21.8. The average Bonchev–Trinajstić information content (AvgIpc) is 3.23. The fourth-order valence-electron chi connectivity index (χ4n) is 4.06. The number of fused-ring (bicyclic) bond motifs is 2. The van der Waals surface area contributed by atoms with Gasteiger partial charge in [0.1, 0.15) is 0 Å². The largest absolute Gasteiger partial charge is 0.275 e. The van der Waals surface area contributed by atoms with Crippen molar-refractivity contribution < 1.29 is 18.0 Å². The Morgan fingerprint density at radius 2 is 1.77 bits per heavy atom. The van der Waals surface area contributed by atoms with Gasteiger partial charge < -0.3 is 0 Å². The number of carbonyl (C=O) groups is 2. The molecule has 0 N–H and O–H groups in total. The second kappa shape index (κ2) is 7.47. The number of para-hydroxylation sites is 1. The molecule has 0 saturated heterocycles. The van der Waals surface area contributed by atoms with Crippen molar-refractivity contribution in [1.29, 1.82) is 0 Å². The molecule has 3 aromatic rings. The lowest BCUT2D eigenvalue weighted by Gasteiger charge is -2.31. The number of hydrogen-bond donors (Lipinski definition) is 0. The van der Waals surface area contributed by atoms with E-state index in [1.807, 2.05) is 18.2 Å². The van der Waals surface area contributed by atoms with E-state index in [0.29, 0.717) is 29.1 Å². The minimum absolute atomic E-state index is 0.0128. The van der Waals surface area contributed by atoms with Crippen LogP contribution >= 0.6 is 22.9 Å². The number of aryl methyl sites for hydroxylation is 1. The van der Waals surface area contributed by atoms with E-state index >= 15 is 0 Å². The highest BCUT2D eigenvalue weighted by molar-refractivity contribution is 7.92. The number of amides is 2. The lowest BCUT2D eigenvalue weighted by Crippen LogP contribution is -2.42. The van der Waals surface area contributed by atoms with Crippen LogP contribution in [-0.4, -0.2) is 26.8 Å². The second-order valence-corrected chi connectivity index (χ2v) is 10.6. The highest BCUT2D eigenvalue weighted by atomic mass is 35.5. The quantitative estimate of drug-likeness (QED) is 0.533. The predicted molar refractivity (Wildman–Crippen MR) is 121 cm³/mol. The van der Waals surface area contributed by atoms with E-state index in [1.165, 1.54) is 33.8 Å². The summed E-state index contributed by atoms with van der Waals surface area (Å²) in [4.78, 5) is 27.1. The van der Waals surface area contributed by atoms with Gasteiger partial charge in [-0.05, 0) is 59.7 Å². The molecule has 2 aliphatic heterocycles. The zero-order valence-electron chi connectivity index (χ0n) is 16.2. The van der Waals surface area contributed by atoms with Crippen LogP contribution in [0.4, 0.5) is 11.4 Å². The molecular formula is C22H17ClN2O4S2. The normalized spacial score (nSPS) is 16.3. The Hall–Kier alpha value is -2.68. The molecule has 2 aromatic carbocycles. The van der Waals surface area contributed by atoms with Crippen LogP contribution in [-0.2, 0) is 27.7 Å². The van der Waals surface area contributed by atoms with Gasteiger partial charge in [0.2, 0.25) is 5.91 Å². The van der Waals surface area contributed by atoms with Crippen molar-refractivity contribution in [3.8, 4) is 0 Å². The maximum absolute atomic E-state index is 13.5. The molecule has 0 spiro atoms. The molecule has 2 amide bonds. The number of carbonyl (C=O) groups excluding carboxylic acids is 2. The van der Waals surface area contributed by atoms with Crippen LogP contribution in [0.15, 0.2) is 58.8 Å². The van der Waals surface area contributed by atoms with Gasteiger partial charge in [0.05, 0.1) is 32.6 Å². The Morgan fingerprint density at radius 3 is 2.61 bits per heavy atom. The molecule has 158 valence electrons. The molecule has 6 nitrogen and oxygen atoms in total. The topological polar surface area (TPSA) is 74.8 Å². The molecule has 0 atom stereocenters. The Labute approximate surface area is 188 Å². The first-order chi connectivity index (χ1) is 14.9. The summed E-state index contributed by atoms with van der Waals surface area (Å²) in [6.45, 7) is 0.359. The third kappa shape index (κ3) is 3.26.